The first kappa shape index (κ1) is 21.1. The molecule has 1 amide bonds. The van der Waals surface area contributed by atoms with Gasteiger partial charge in [0.15, 0.2) is 0 Å². The number of ketones is 1. The summed E-state index contributed by atoms with van der Waals surface area (Å²) in [6, 6.07) is 15.6. The van der Waals surface area contributed by atoms with E-state index in [4.69, 9.17) is 4.74 Å². The van der Waals surface area contributed by atoms with Gasteiger partial charge < -0.3 is 14.9 Å². The first-order valence-corrected chi connectivity index (χ1v) is 9.83. The summed E-state index contributed by atoms with van der Waals surface area (Å²) in [7, 11) is 1.35. The van der Waals surface area contributed by atoms with Crippen molar-refractivity contribution in [2.24, 2.45) is 0 Å². The highest BCUT2D eigenvalue weighted by molar-refractivity contribution is 6.51. The molecule has 0 aliphatic carbocycles. The predicted molar refractivity (Wildman–Crippen MR) is 117 cm³/mol. The summed E-state index contributed by atoms with van der Waals surface area (Å²) in [6.07, 6.45) is 0. The second kappa shape index (κ2) is 8.19. The third-order valence-corrected chi connectivity index (χ3v) is 5.42. The van der Waals surface area contributed by atoms with Crippen LogP contribution in [0.4, 0.5) is 10.1 Å². The van der Waals surface area contributed by atoms with Gasteiger partial charge in [0, 0.05) is 5.69 Å². The molecule has 0 aromatic heterocycles. The van der Waals surface area contributed by atoms with Crippen LogP contribution in [0.15, 0.2) is 72.3 Å². The zero-order valence-electron chi connectivity index (χ0n) is 17.4. The number of amides is 1. The van der Waals surface area contributed by atoms with Crippen molar-refractivity contribution in [3.63, 3.8) is 0 Å². The number of aliphatic hydroxyl groups is 1. The van der Waals surface area contributed by atoms with Gasteiger partial charge in [0.1, 0.15) is 23.1 Å². The number of phenols is 1. The Hall–Kier alpha value is -4.13. The molecule has 3 aromatic carbocycles. The molecule has 1 heterocycles. The Balaban J connectivity index is 2.02. The van der Waals surface area contributed by atoms with Gasteiger partial charge in [0.25, 0.3) is 11.7 Å². The first-order chi connectivity index (χ1) is 15.3. The number of halogens is 1. The van der Waals surface area contributed by atoms with E-state index in [0.29, 0.717) is 11.3 Å². The van der Waals surface area contributed by atoms with Crippen molar-refractivity contribution in [3.05, 3.63) is 94.8 Å². The minimum Gasteiger partial charge on any atom is -0.508 e. The minimum absolute atomic E-state index is 0.0552. The van der Waals surface area contributed by atoms with Crippen LogP contribution in [0.3, 0.4) is 0 Å². The number of benzene rings is 3. The van der Waals surface area contributed by atoms with Crippen LogP contribution in [0.5, 0.6) is 11.5 Å². The van der Waals surface area contributed by atoms with Gasteiger partial charge in [-0.3, -0.25) is 14.5 Å². The zero-order chi connectivity index (χ0) is 23.0. The van der Waals surface area contributed by atoms with Crippen molar-refractivity contribution in [1.29, 1.82) is 0 Å². The van der Waals surface area contributed by atoms with Gasteiger partial charge in [-0.1, -0.05) is 30.3 Å². The summed E-state index contributed by atoms with van der Waals surface area (Å²) in [5.74, 6) is -2.91. The molecule has 2 N–H and O–H groups in total. The van der Waals surface area contributed by atoms with Crippen molar-refractivity contribution in [2.45, 2.75) is 13.0 Å². The number of aliphatic hydroxyl groups excluding tert-OH is 1. The highest BCUT2D eigenvalue weighted by atomic mass is 19.1. The second-order valence-electron chi connectivity index (χ2n) is 7.40. The van der Waals surface area contributed by atoms with Crippen LogP contribution in [0.1, 0.15) is 22.7 Å². The molecule has 1 saturated heterocycles. The van der Waals surface area contributed by atoms with E-state index in [0.717, 1.165) is 17.7 Å². The highest BCUT2D eigenvalue weighted by Crippen LogP contribution is 2.44. The fourth-order valence-corrected chi connectivity index (χ4v) is 3.94. The van der Waals surface area contributed by atoms with Gasteiger partial charge in [-0.05, 0) is 54.4 Å². The third-order valence-electron chi connectivity index (χ3n) is 5.42. The number of nitrogens with zero attached hydrogens (tertiary/aromatic N) is 1. The smallest absolute Gasteiger partial charge is 0.300 e. The monoisotopic (exact) mass is 433 g/mol. The summed E-state index contributed by atoms with van der Waals surface area (Å²) in [4.78, 5) is 27.6. The number of aromatic hydroxyl groups is 1. The van der Waals surface area contributed by atoms with Crippen LogP contribution in [0.25, 0.3) is 5.76 Å². The molecular formula is C25H20FNO5. The summed E-state index contributed by atoms with van der Waals surface area (Å²) in [5.41, 5.74) is 1.34. The Morgan fingerprint density at radius 2 is 1.78 bits per heavy atom. The van der Waals surface area contributed by atoms with E-state index in [1.807, 2.05) is 0 Å². The fourth-order valence-electron chi connectivity index (χ4n) is 3.94. The van der Waals surface area contributed by atoms with E-state index in [1.54, 1.807) is 43.3 Å². The average molecular weight is 433 g/mol. The van der Waals surface area contributed by atoms with Crippen LogP contribution in [-0.2, 0) is 9.59 Å². The lowest BCUT2D eigenvalue weighted by atomic mass is 9.94. The van der Waals surface area contributed by atoms with Crippen molar-refractivity contribution in [3.8, 4) is 11.5 Å². The molecule has 0 spiro atoms. The molecule has 1 unspecified atom stereocenters. The van der Waals surface area contributed by atoms with Gasteiger partial charge in [-0.25, -0.2) is 4.39 Å². The van der Waals surface area contributed by atoms with Gasteiger partial charge in [0.05, 0.1) is 24.3 Å². The maximum atomic E-state index is 14.0. The number of hydrogen-bond donors (Lipinski definition) is 2. The number of rotatable bonds is 4. The summed E-state index contributed by atoms with van der Waals surface area (Å²) < 4.78 is 19.2. The Bertz CT molecular complexity index is 1270. The number of carbonyl (C=O) groups is 2. The molecule has 3 aromatic rings. The van der Waals surface area contributed by atoms with Crippen molar-refractivity contribution < 1.29 is 28.9 Å². The predicted octanol–water partition coefficient (Wildman–Crippen LogP) is 4.47. The lowest BCUT2D eigenvalue weighted by Crippen LogP contribution is -2.30. The van der Waals surface area contributed by atoms with Crippen LogP contribution >= 0.6 is 0 Å². The maximum absolute atomic E-state index is 14.0. The molecule has 162 valence electrons. The number of anilines is 1. The standard InChI is InChI=1S/C25H20FNO5/c1-14-6-3-4-9-19(14)27-22(15-7-5-8-17(28)12-15)21(24(30)25(27)31)23(29)18-13-16(26)10-11-20(18)32-2/h3-13,22,28-29H,1-2H3/b23-21+. The summed E-state index contributed by atoms with van der Waals surface area (Å²) in [6.45, 7) is 1.80. The van der Waals surface area contributed by atoms with Crippen LogP contribution in [0.2, 0.25) is 0 Å². The van der Waals surface area contributed by atoms with Crippen molar-refractivity contribution in [2.75, 3.05) is 12.0 Å². The van der Waals surface area contributed by atoms with Crippen molar-refractivity contribution >= 4 is 23.1 Å². The Kier molecular flexibility index (Phi) is 5.40. The number of Topliss-reactive ketones (excluding diaryl/α,β-unsaturated/α-hetero) is 1. The number of methoxy groups -OCH3 is 1. The molecular weight excluding hydrogens is 413 g/mol. The number of ether oxygens (including phenoxy) is 1. The lowest BCUT2D eigenvalue weighted by Gasteiger charge is -2.27. The molecule has 1 fully saturated rings. The molecule has 7 heteroatoms. The number of hydrogen-bond acceptors (Lipinski definition) is 5. The lowest BCUT2D eigenvalue weighted by molar-refractivity contribution is -0.132. The molecule has 32 heavy (non-hydrogen) atoms. The number of para-hydroxylation sites is 1. The maximum Gasteiger partial charge on any atom is 0.300 e. The van der Waals surface area contributed by atoms with E-state index in [2.05, 4.69) is 0 Å². The first-order valence-electron chi connectivity index (χ1n) is 9.83. The Morgan fingerprint density at radius 1 is 1.03 bits per heavy atom. The molecule has 6 nitrogen and oxygen atoms in total. The van der Waals surface area contributed by atoms with Crippen LogP contribution < -0.4 is 9.64 Å². The molecule has 1 aliphatic rings. The van der Waals surface area contributed by atoms with E-state index < -0.39 is 29.3 Å². The molecule has 0 saturated carbocycles. The van der Waals surface area contributed by atoms with Crippen LogP contribution in [0, 0.1) is 12.7 Å². The molecule has 4 rings (SSSR count). The van der Waals surface area contributed by atoms with E-state index in [9.17, 15) is 24.2 Å². The topological polar surface area (TPSA) is 87.1 Å². The SMILES string of the molecule is COc1ccc(F)cc1/C(O)=C1\C(=O)C(=O)N(c2ccccc2C)C1c1cccc(O)c1. The van der Waals surface area contributed by atoms with Crippen LogP contribution in [-0.4, -0.2) is 29.0 Å². The third kappa shape index (κ3) is 3.47. The van der Waals surface area contributed by atoms with E-state index in [-0.39, 0.29) is 22.6 Å². The van der Waals surface area contributed by atoms with Gasteiger partial charge >= 0.3 is 0 Å². The van der Waals surface area contributed by atoms with Crippen molar-refractivity contribution in [1.82, 2.24) is 0 Å². The van der Waals surface area contributed by atoms with E-state index in [1.165, 1.54) is 30.2 Å². The quantitative estimate of drug-likeness (QED) is 0.360. The number of aryl methyl sites for hydroxylation is 1. The molecule has 1 aliphatic heterocycles. The summed E-state index contributed by atoms with van der Waals surface area (Å²) >= 11 is 0. The number of carbonyl (C=O) groups excluding carboxylic acids is 2. The minimum atomic E-state index is -1.05. The van der Waals surface area contributed by atoms with Gasteiger partial charge in [-0.15, -0.1) is 0 Å². The normalized spacial score (nSPS) is 17.6. The average Bonchev–Trinajstić information content (AvgIpc) is 3.04. The largest absolute Gasteiger partial charge is 0.508 e. The van der Waals surface area contributed by atoms with Gasteiger partial charge in [0.2, 0.25) is 0 Å². The zero-order valence-corrected chi connectivity index (χ0v) is 17.4. The molecule has 0 radical (unpaired) electrons. The van der Waals surface area contributed by atoms with Gasteiger partial charge in [-0.2, -0.15) is 0 Å². The Labute approximate surface area is 183 Å². The molecule has 1 atom stereocenters. The number of phenolic OH excluding ortho intramolecular Hbond substituents is 1. The van der Waals surface area contributed by atoms with E-state index >= 15 is 0 Å². The Morgan fingerprint density at radius 3 is 2.47 bits per heavy atom. The fraction of sp³-hybridized carbons (Fsp3) is 0.120. The highest BCUT2D eigenvalue weighted by Gasteiger charge is 2.47. The molecule has 0 bridgehead atoms. The summed E-state index contributed by atoms with van der Waals surface area (Å²) in [5, 5.41) is 21.2. The second-order valence-corrected chi connectivity index (χ2v) is 7.40.